The van der Waals surface area contributed by atoms with Gasteiger partial charge in [-0.1, -0.05) is 11.6 Å². The maximum atomic E-state index is 6.15. The zero-order valence-corrected chi connectivity index (χ0v) is 12.3. The number of nitrogens with two attached hydrogens (primary N) is 1. The van der Waals surface area contributed by atoms with E-state index in [4.69, 9.17) is 17.3 Å². The second kappa shape index (κ2) is 5.59. The van der Waals surface area contributed by atoms with Crippen molar-refractivity contribution < 1.29 is 0 Å². The minimum absolute atomic E-state index is 0.334. The van der Waals surface area contributed by atoms with Crippen molar-refractivity contribution in [3.05, 3.63) is 27.2 Å². The largest absolute Gasteiger partial charge is 0.381 e. The quantitative estimate of drug-likeness (QED) is 0.862. The van der Waals surface area contributed by atoms with E-state index in [2.05, 4.69) is 21.2 Å². The zero-order valence-electron chi connectivity index (χ0n) is 9.97. The Balaban J connectivity index is 2.10. The Kier molecular flexibility index (Phi) is 4.34. The fourth-order valence-electron chi connectivity index (χ4n) is 2.34. The Labute approximate surface area is 116 Å². The number of benzene rings is 1. The minimum Gasteiger partial charge on any atom is -0.381 e. The topological polar surface area (TPSA) is 38.0 Å². The van der Waals surface area contributed by atoms with Gasteiger partial charge in [-0.25, -0.2) is 0 Å². The van der Waals surface area contributed by atoms with E-state index >= 15 is 0 Å². The number of aryl methyl sites for hydroxylation is 1. The molecule has 1 saturated carbocycles. The van der Waals surface area contributed by atoms with E-state index in [1.807, 2.05) is 19.1 Å². The molecule has 1 aliphatic rings. The lowest BCUT2D eigenvalue weighted by atomic mass is 9.91. The van der Waals surface area contributed by atoms with Gasteiger partial charge in [0, 0.05) is 21.6 Å². The molecule has 1 fully saturated rings. The van der Waals surface area contributed by atoms with Crippen LogP contribution >= 0.6 is 27.5 Å². The van der Waals surface area contributed by atoms with Crippen LogP contribution in [0.4, 0.5) is 5.69 Å². The molecule has 0 aliphatic heterocycles. The predicted molar refractivity (Wildman–Crippen MR) is 77.7 cm³/mol. The third-order valence-electron chi connectivity index (χ3n) is 3.32. The van der Waals surface area contributed by atoms with Gasteiger partial charge in [0.1, 0.15) is 0 Å². The highest BCUT2D eigenvalue weighted by atomic mass is 79.9. The van der Waals surface area contributed by atoms with Crippen LogP contribution in [0.3, 0.4) is 0 Å². The van der Waals surface area contributed by atoms with Crippen molar-refractivity contribution in [1.29, 1.82) is 0 Å². The van der Waals surface area contributed by atoms with Crippen molar-refractivity contribution >= 4 is 33.2 Å². The predicted octanol–water partition coefficient (Wildman–Crippen LogP) is 4.09. The fraction of sp³-hybridized carbons (Fsp3) is 0.538. The summed E-state index contributed by atoms with van der Waals surface area (Å²) in [5.41, 5.74) is 8.15. The molecule has 3 N–H and O–H groups in total. The van der Waals surface area contributed by atoms with Gasteiger partial charge in [-0.3, -0.25) is 0 Å². The van der Waals surface area contributed by atoms with Crippen molar-refractivity contribution in [3.63, 3.8) is 0 Å². The van der Waals surface area contributed by atoms with Gasteiger partial charge in [-0.15, -0.1) is 0 Å². The first-order valence-electron chi connectivity index (χ1n) is 6.04. The third kappa shape index (κ3) is 3.36. The molecule has 2 unspecified atom stereocenters. The van der Waals surface area contributed by atoms with E-state index in [1.165, 1.54) is 12.8 Å². The second-order valence-electron chi connectivity index (χ2n) is 4.85. The van der Waals surface area contributed by atoms with Gasteiger partial charge in [0.15, 0.2) is 0 Å². The lowest BCUT2D eigenvalue weighted by molar-refractivity contribution is 0.409. The Morgan fingerprint density at radius 2 is 2.18 bits per heavy atom. The molecule has 1 aliphatic carbocycles. The number of halogens is 2. The monoisotopic (exact) mass is 316 g/mol. The molecule has 0 radical (unpaired) electrons. The van der Waals surface area contributed by atoms with Crippen LogP contribution in [0.5, 0.6) is 0 Å². The lowest BCUT2D eigenvalue weighted by Gasteiger charge is -2.28. The maximum Gasteiger partial charge on any atom is 0.0501 e. The Morgan fingerprint density at radius 3 is 2.88 bits per heavy atom. The van der Waals surface area contributed by atoms with Crippen LogP contribution in [0.1, 0.15) is 31.2 Å². The first-order valence-corrected chi connectivity index (χ1v) is 7.21. The molecule has 0 spiro atoms. The highest BCUT2D eigenvalue weighted by Crippen LogP contribution is 2.31. The normalized spacial score (nSPS) is 24.7. The molecular weight excluding hydrogens is 300 g/mol. The first kappa shape index (κ1) is 13.2. The van der Waals surface area contributed by atoms with Gasteiger partial charge in [-0.2, -0.15) is 0 Å². The number of rotatable bonds is 2. The summed E-state index contributed by atoms with van der Waals surface area (Å²) in [4.78, 5) is 0. The van der Waals surface area contributed by atoms with E-state index in [-0.39, 0.29) is 0 Å². The van der Waals surface area contributed by atoms with Crippen LogP contribution in [-0.4, -0.2) is 12.1 Å². The summed E-state index contributed by atoms with van der Waals surface area (Å²) in [5.74, 6) is 0. The summed E-state index contributed by atoms with van der Waals surface area (Å²) in [5, 5.41) is 4.34. The molecule has 0 amide bonds. The minimum atomic E-state index is 0.334. The third-order valence-corrected chi connectivity index (χ3v) is 4.39. The highest BCUT2D eigenvalue weighted by Gasteiger charge is 2.19. The average molecular weight is 318 g/mol. The Bertz CT molecular complexity index is 409. The number of hydrogen-bond acceptors (Lipinski definition) is 2. The van der Waals surface area contributed by atoms with Crippen LogP contribution in [0, 0.1) is 6.92 Å². The van der Waals surface area contributed by atoms with Gasteiger partial charge in [0.05, 0.1) is 5.69 Å². The van der Waals surface area contributed by atoms with E-state index in [9.17, 15) is 0 Å². The van der Waals surface area contributed by atoms with Crippen molar-refractivity contribution in [1.82, 2.24) is 0 Å². The molecule has 4 heteroatoms. The summed E-state index contributed by atoms with van der Waals surface area (Å²) in [6.07, 6.45) is 4.58. The molecule has 0 saturated heterocycles. The zero-order chi connectivity index (χ0) is 12.4. The fourth-order valence-corrected chi connectivity index (χ4v) is 3.07. The number of nitrogens with one attached hydrogen (secondary N) is 1. The van der Waals surface area contributed by atoms with Crippen molar-refractivity contribution in [2.75, 3.05) is 5.32 Å². The second-order valence-corrected chi connectivity index (χ2v) is 6.11. The van der Waals surface area contributed by atoms with Gasteiger partial charge in [-0.05, 0) is 66.2 Å². The molecule has 0 bridgehead atoms. The SMILES string of the molecule is Cc1cc(Br)c(NC2CCCC(N)C2)cc1Cl. The highest BCUT2D eigenvalue weighted by molar-refractivity contribution is 9.10. The summed E-state index contributed by atoms with van der Waals surface area (Å²) in [6, 6.07) is 4.84. The molecule has 2 nitrogen and oxygen atoms in total. The molecule has 2 atom stereocenters. The maximum absolute atomic E-state index is 6.15. The summed E-state index contributed by atoms with van der Waals surface area (Å²) in [6.45, 7) is 2.01. The number of anilines is 1. The van der Waals surface area contributed by atoms with Crippen LogP contribution < -0.4 is 11.1 Å². The first-order chi connectivity index (χ1) is 8.06. The van der Waals surface area contributed by atoms with Crippen LogP contribution in [-0.2, 0) is 0 Å². The van der Waals surface area contributed by atoms with Gasteiger partial charge < -0.3 is 11.1 Å². The lowest BCUT2D eigenvalue weighted by Crippen LogP contribution is -2.34. The Morgan fingerprint density at radius 1 is 1.41 bits per heavy atom. The van der Waals surface area contributed by atoms with Gasteiger partial charge >= 0.3 is 0 Å². The van der Waals surface area contributed by atoms with Crippen molar-refractivity contribution in [2.45, 2.75) is 44.7 Å². The molecule has 94 valence electrons. The molecule has 1 aromatic carbocycles. The van der Waals surface area contributed by atoms with E-state index < -0.39 is 0 Å². The molecule has 0 aromatic heterocycles. The molecule has 0 heterocycles. The average Bonchev–Trinajstić information content (AvgIpc) is 2.26. The summed E-state index contributed by atoms with van der Waals surface area (Å²) >= 11 is 9.72. The van der Waals surface area contributed by atoms with Gasteiger partial charge in [0.2, 0.25) is 0 Å². The van der Waals surface area contributed by atoms with E-state index in [1.54, 1.807) is 0 Å². The number of hydrogen-bond donors (Lipinski definition) is 2. The standard InChI is InChI=1S/C13H18BrClN2/c1-8-5-11(14)13(7-12(8)15)17-10-4-2-3-9(16)6-10/h5,7,9-10,17H,2-4,6,16H2,1H3. The van der Waals surface area contributed by atoms with Crippen molar-refractivity contribution in [3.8, 4) is 0 Å². The molecular formula is C13H18BrClN2. The van der Waals surface area contributed by atoms with E-state index in [0.717, 1.165) is 33.6 Å². The van der Waals surface area contributed by atoms with Crippen LogP contribution in [0.25, 0.3) is 0 Å². The van der Waals surface area contributed by atoms with Crippen LogP contribution in [0.2, 0.25) is 5.02 Å². The van der Waals surface area contributed by atoms with Crippen LogP contribution in [0.15, 0.2) is 16.6 Å². The smallest absolute Gasteiger partial charge is 0.0501 e. The molecule has 1 aromatic rings. The molecule has 2 rings (SSSR count). The summed E-state index contributed by atoms with van der Waals surface area (Å²) in [7, 11) is 0. The van der Waals surface area contributed by atoms with Gasteiger partial charge in [0.25, 0.3) is 0 Å². The van der Waals surface area contributed by atoms with Crippen molar-refractivity contribution in [2.24, 2.45) is 5.73 Å². The van der Waals surface area contributed by atoms with E-state index in [0.29, 0.717) is 12.1 Å². The summed E-state index contributed by atoms with van der Waals surface area (Å²) < 4.78 is 1.07. The molecule has 17 heavy (non-hydrogen) atoms. The Hall–Kier alpha value is -0.250.